The van der Waals surface area contributed by atoms with E-state index in [1.54, 1.807) is 6.07 Å². The van der Waals surface area contributed by atoms with E-state index in [2.05, 4.69) is 6.58 Å². The van der Waals surface area contributed by atoms with Crippen LogP contribution < -0.4 is 5.43 Å². The zero-order valence-electron chi connectivity index (χ0n) is 9.97. The molecular formula is C15H12O2S. The van der Waals surface area contributed by atoms with Gasteiger partial charge in [-0.25, -0.2) is 0 Å². The lowest BCUT2D eigenvalue weighted by atomic mass is 10.2. The largest absolute Gasteiger partial charge is 0.455 e. The molecule has 0 fully saturated rings. The van der Waals surface area contributed by atoms with Crippen molar-refractivity contribution in [2.45, 2.75) is 17.1 Å². The first-order valence-electron chi connectivity index (χ1n) is 5.73. The van der Waals surface area contributed by atoms with Gasteiger partial charge in [-0.1, -0.05) is 30.4 Å². The predicted molar refractivity (Wildman–Crippen MR) is 76.0 cm³/mol. The summed E-state index contributed by atoms with van der Waals surface area (Å²) in [5.41, 5.74) is 1.72. The summed E-state index contributed by atoms with van der Waals surface area (Å²) in [6.07, 6.45) is 3.89. The van der Waals surface area contributed by atoms with Crippen LogP contribution in [-0.2, 0) is 0 Å². The highest BCUT2D eigenvalue weighted by Crippen LogP contribution is 2.35. The van der Waals surface area contributed by atoms with E-state index in [9.17, 15) is 4.79 Å². The molecule has 2 heterocycles. The Morgan fingerprint density at radius 2 is 2.17 bits per heavy atom. The maximum Gasteiger partial charge on any atom is 0.206 e. The Bertz CT molecular complexity index is 725. The molecule has 1 atom stereocenters. The van der Waals surface area contributed by atoms with Crippen LogP contribution >= 0.6 is 11.8 Å². The number of fused-ring (bicyclic) bond motifs is 2. The number of para-hydroxylation sites is 1. The zero-order chi connectivity index (χ0) is 12.7. The number of thioether (sulfide) groups is 1. The summed E-state index contributed by atoms with van der Waals surface area (Å²) in [7, 11) is 0. The molecule has 18 heavy (non-hydrogen) atoms. The molecule has 0 bridgehead atoms. The van der Waals surface area contributed by atoms with Gasteiger partial charge < -0.3 is 4.42 Å². The van der Waals surface area contributed by atoms with Crippen molar-refractivity contribution in [3.05, 3.63) is 58.5 Å². The average molecular weight is 256 g/mol. The number of hydrogen-bond donors (Lipinski definition) is 0. The first-order valence-corrected chi connectivity index (χ1v) is 6.61. The molecule has 0 spiro atoms. The van der Waals surface area contributed by atoms with Gasteiger partial charge >= 0.3 is 0 Å². The first-order chi connectivity index (χ1) is 8.66. The minimum atomic E-state index is 0.0486. The van der Waals surface area contributed by atoms with Crippen LogP contribution in [0.2, 0.25) is 0 Å². The lowest BCUT2D eigenvalue weighted by Gasteiger charge is -2.17. The molecule has 1 aliphatic heterocycles. The van der Waals surface area contributed by atoms with Crippen LogP contribution in [0.15, 0.2) is 56.6 Å². The molecule has 1 aliphatic rings. The third kappa shape index (κ3) is 1.71. The fourth-order valence-electron chi connectivity index (χ4n) is 1.97. The lowest BCUT2D eigenvalue weighted by molar-refractivity contribution is 0.573. The molecule has 2 nitrogen and oxygen atoms in total. The Balaban J connectivity index is 2.26. The minimum absolute atomic E-state index is 0.0486. The molecule has 0 radical (unpaired) electrons. The predicted octanol–water partition coefficient (Wildman–Crippen LogP) is 3.86. The van der Waals surface area contributed by atoms with Crippen molar-refractivity contribution in [3.8, 4) is 0 Å². The fraction of sp³-hybridized carbons (Fsp3) is 0.133. The third-order valence-electron chi connectivity index (χ3n) is 2.93. The maximum atomic E-state index is 12.4. The first kappa shape index (κ1) is 11.4. The van der Waals surface area contributed by atoms with E-state index in [0.29, 0.717) is 21.6 Å². The molecule has 3 heteroatoms. The molecule has 1 aromatic carbocycles. The summed E-state index contributed by atoms with van der Waals surface area (Å²) in [6.45, 7) is 5.91. The summed E-state index contributed by atoms with van der Waals surface area (Å²) in [5.74, 6) is 0.654. The van der Waals surface area contributed by atoms with Crippen LogP contribution in [0.1, 0.15) is 12.7 Å². The van der Waals surface area contributed by atoms with Gasteiger partial charge in [0, 0.05) is 5.25 Å². The molecule has 1 unspecified atom stereocenters. The second-order valence-electron chi connectivity index (χ2n) is 4.36. The number of benzene rings is 1. The van der Waals surface area contributed by atoms with Crippen LogP contribution in [0.4, 0.5) is 0 Å². The van der Waals surface area contributed by atoms with E-state index >= 15 is 0 Å². The molecule has 3 rings (SSSR count). The van der Waals surface area contributed by atoms with Gasteiger partial charge in [0.15, 0.2) is 0 Å². The highest BCUT2D eigenvalue weighted by atomic mass is 32.2. The summed E-state index contributed by atoms with van der Waals surface area (Å²) in [6, 6.07) is 7.34. The van der Waals surface area contributed by atoms with E-state index in [0.717, 1.165) is 5.57 Å². The van der Waals surface area contributed by atoms with Crippen LogP contribution in [0.25, 0.3) is 17.0 Å². The second kappa shape index (κ2) is 4.18. The Kier molecular flexibility index (Phi) is 2.63. The normalized spacial score (nSPS) is 17.7. The van der Waals surface area contributed by atoms with Crippen molar-refractivity contribution in [1.29, 1.82) is 0 Å². The van der Waals surface area contributed by atoms with Gasteiger partial charge in [-0.15, -0.1) is 11.8 Å². The van der Waals surface area contributed by atoms with Gasteiger partial charge in [-0.05, 0) is 25.1 Å². The standard InChI is InChI=1S/C15H12O2S/c1-9(2)13-8-7-12-15(18-13)14(16)10-5-3-4-6-11(10)17-12/h3-8,13H,1H2,2H3. The molecule has 1 aromatic heterocycles. The van der Waals surface area contributed by atoms with Gasteiger partial charge in [0.25, 0.3) is 0 Å². The van der Waals surface area contributed by atoms with Gasteiger partial charge in [0.05, 0.1) is 10.3 Å². The quantitative estimate of drug-likeness (QED) is 0.726. The molecule has 0 N–H and O–H groups in total. The number of hydrogen-bond acceptors (Lipinski definition) is 3. The lowest BCUT2D eigenvalue weighted by Crippen LogP contribution is -2.13. The Morgan fingerprint density at radius 3 is 2.94 bits per heavy atom. The van der Waals surface area contributed by atoms with Crippen molar-refractivity contribution in [3.63, 3.8) is 0 Å². The summed E-state index contributed by atoms with van der Waals surface area (Å²) < 4.78 is 5.76. The van der Waals surface area contributed by atoms with Crippen LogP contribution in [0, 0.1) is 0 Å². The van der Waals surface area contributed by atoms with Crippen molar-refractivity contribution in [1.82, 2.24) is 0 Å². The Hall–Kier alpha value is -1.74. The van der Waals surface area contributed by atoms with E-state index in [1.165, 1.54) is 11.8 Å². The van der Waals surface area contributed by atoms with E-state index in [1.807, 2.05) is 37.3 Å². The van der Waals surface area contributed by atoms with Crippen molar-refractivity contribution in [2.24, 2.45) is 0 Å². The Morgan fingerprint density at radius 1 is 1.39 bits per heavy atom. The molecule has 2 aromatic rings. The molecule has 0 saturated carbocycles. The summed E-state index contributed by atoms with van der Waals surface area (Å²) in [4.78, 5) is 13.1. The SMILES string of the molecule is C=C(C)C1C=Cc2oc3ccccc3c(=O)c2S1. The van der Waals surface area contributed by atoms with Gasteiger partial charge in [0.1, 0.15) is 11.3 Å². The fourth-order valence-corrected chi connectivity index (χ4v) is 3.02. The highest BCUT2D eigenvalue weighted by molar-refractivity contribution is 8.00. The summed E-state index contributed by atoms with van der Waals surface area (Å²) in [5, 5.41) is 0.793. The van der Waals surface area contributed by atoms with E-state index in [4.69, 9.17) is 4.42 Å². The van der Waals surface area contributed by atoms with Gasteiger partial charge in [-0.3, -0.25) is 4.79 Å². The van der Waals surface area contributed by atoms with Crippen LogP contribution in [0.5, 0.6) is 0 Å². The average Bonchev–Trinajstić information content (AvgIpc) is 2.38. The molecule has 90 valence electrons. The minimum Gasteiger partial charge on any atom is -0.455 e. The van der Waals surface area contributed by atoms with Gasteiger partial charge in [-0.2, -0.15) is 0 Å². The van der Waals surface area contributed by atoms with E-state index < -0.39 is 0 Å². The highest BCUT2D eigenvalue weighted by Gasteiger charge is 2.21. The smallest absolute Gasteiger partial charge is 0.206 e. The van der Waals surface area contributed by atoms with Crippen molar-refractivity contribution < 1.29 is 4.42 Å². The van der Waals surface area contributed by atoms with Crippen molar-refractivity contribution in [2.75, 3.05) is 0 Å². The van der Waals surface area contributed by atoms with Gasteiger partial charge in [0.2, 0.25) is 5.43 Å². The van der Waals surface area contributed by atoms with E-state index in [-0.39, 0.29) is 10.7 Å². The number of rotatable bonds is 1. The van der Waals surface area contributed by atoms with Crippen molar-refractivity contribution >= 4 is 28.8 Å². The zero-order valence-corrected chi connectivity index (χ0v) is 10.8. The Labute approximate surface area is 109 Å². The molecule has 0 saturated heterocycles. The molecular weight excluding hydrogens is 244 g/mol. The molecule has 0 aliphatic carbocycles. The monoisotopic (exact) mass is 256 g/mol. The second-order valence-corrected chi connectivity index (χ2v) is 5.52. The summed E-state index contributed by atoms with van der Waals surface area (Å²) >= 11 is 1.51. The third-order valence-corrected chi connectivity index (χ3v) is 4.37. The topological polar surface area (TPSA) is 30.2 Å². The van der Waals surface area contributed by atoms with Crippen LogP contribution in [0.3, 0.4) is 0 Å². The molecule has 0 amide bonds. The van der Waals surface area contributed by atoms with Crippen LogP contribution in [-0.4, -0.2) is 5.25 Å². The maximum absolute atomic E-state index is 12.4.